The number of aromatic carboxylic acids is 1. The van der Waals surface area contributed by atoms with Crippen molar-refractivity contribution in [1.82, 2.24) is 9.55 Å². The normalized spacial score (nSPS) is 21.1. The molecule has 3 rings (SSSR count). The first-order valence-electron chi connectivity index (χ1n) is 6.60. The van der Waals surface area contributed by atoms with Gasteiger partial charge in [0, 0.05) is 12.0 Å². The second-order valence-electron chi connectivity index (χ2n) is 5.08. The molecular formula is C15H16N2O3. The van der Waals surface area contributed by atoms with Crippen molar-refractivity contribution in [2.75, 3.05) is 0 Å². The molecule has 5 nitrogen and oxygen atoms in total. The molecule has 1 N–H and O–H groups in total. The fourth-order valence-corrected chi connectivity index (χ4v) is 2.82. The first kappa shape index (κ1) is 12.7. The molecular weight excluding hydrogens is 256 g/mol. The van der Waals surface area contributed by atoms with Gasteiger partial charge in [0.25, 0.3) is 0 Å². The summed E-state index contributed by atoms with van der Waals surface area (Å²) in [6, 6.07) is 7.72. The number of nitrogens with zero attached hydrogens (tertiary/aromatic N) is 2. The Balaban J connectivity index is 2.16. The monoisotopic (exact) mass is 272 g/mol. The molecule has 2 atom stereocenters. The largest absolute Gasteiger partial charge is 0.490 e. The molecule has 2 aromatic rings. The number of carbonyl (C=O) groups is 1. The fourth-order valence-electron chi connectivity index (χ4n) is 2.82. The van der Waals surface area contributed by atoms with Crippen molar-refractivity contribution in [2.45, 2.75) is 32.4 Å². The Morgan fingerprint density at radius 3 is 2.95 bits per heavy atom. The molecule has 1 aromatic carbocycles. The molecule has 0 aliphatic carbocycles. The van der Waals surface area contributed by atoms with Crippen LogP contribution in [0.5, 0.6) is 5.75 Å². The molecule has 0 bridgehead atoms. The summed E-state index contributed by atoms with van der Waals surface area (Å²) >= 11 is 0. The molecule has 0 saturated carbocycles. The number of hydrogen-bond donors (Lipinski definition) is 1. The Morgan fingerprint density at radius 1 is 1.45 bits per heavy atom. The van der Waals surface area contributed by atoms with Crippen molar-refractivity contribution >= 4 is 5.97 Å². The second kappa shape index (κ2) is 4.67. The number of rotatable bonds is 2. The van der Waals surface area contributed by atoms with E-state index in [2.05, 4.69) is 4.98 Å². The van der Waals surface area contributed by atoms with E-state index in [1.54, 1.807) is 4.57 Å². The highest BCUT2D eigenvalue weighted by molar-refractivity contribution is 5.85. The van der Waals surface area contributed by atoms with Crippen molar-refractivity contribution in [3.05, 3.63) is 47.5 Å². The van der Waals surface area contributed by atoms with Gasteiger partial charge < -0.3 is 14.4 Å². The maximum Gasteiger partial charge on any atom is 0.354 e. The number of fused-ring (bicyclic) bond motifs is 1. The van der Waals surface area contributed by atoms with Crippen LogP contribution in [0.25, 0.3) is 0 Å². The Labute approximate surface area is 116 Å². The van der Waals surface area contributed by atoms with Crippen molar-refractivity contribution in [1.29, 1.82) is 0 Å². The summed E-state index contributed by atoms with van der Waals surface area (Å²) in [5, 5.41) is 9.33. The average Bonchev–Trinajstić information content (AvgIpc) is 2.79. The van der Waals surface area contributed by atoms with Gasteiger partial charge >= 0.3 is 5.97 Å². The zero-order valence-corrected chi connectivity index (χ0v) is 11.4. The van der Waals surface area contributed by atoms with Crippen molar-refractivity contribution in [3.8, 4) is 5.75 Å². The zero-order valence-electron chi connectivity index (χ0n) is 11.4. The molecule has 1 aliphatic rings. The molecule has 0 spiro atoms. The molecule has 0 amide bonds. The quantitative estimate of drug-likeness (QED) is 0.912. The number of benzene rings is 1. The van der Waals surface area contributed by atoms with Crippen LogP contribution in [0.1, 0.15) is 41.3 Å². The molecule has 1 aliphatic heterocycles. The van der Waals surface area contributed by atoms with Gasteiger partial charge in [-0.2, -0.15) is 0 Å². The first-order chi connectivity index (χ1) is 9.58. The topological polar surface area (TPSA) is 64.3 Å². The maximum atomic E-state index is 11.4. The van der Waals surface area contributed by atoms with Gasteiger partial charge in [-0.05, 0) is 19.9 Å². The van der Waals surface area contributed by atoms with E-state index in [4.69, 9.17) is 4.74 Å². The highest BCUT2D eigenvalue weighted by Crippen LogP contribution is 2.38. The van der Waals surface area contributed by atoms with E-state index >= 15 is 0 Å². The van der Waals surface area contributed by atoms with Crippen molar-refractivity contribution in [3.63, 3.8) is 0 Å². The van der Waals surface area contributed by atoms with Crippen LogP contribution in [-0.2, 0) is 0 Å². The summed E-state index contributed by atoms with van der Waals surface area (Å²) in [4.78, 5) is 15.5. The lowest BCUT2D eigenvalue weighted by Gasteiger charge is -2.32. The Bertz CT molecular complexity index is 663. The predicted molar refractivity (Wildman–Crippen MR) is 73.2 cm³/mol. The minimum atomic E-state index is -0.956. The van der Waals surface area contributed by atoms with E-state index in [1.165, 1.54) is 6.20 Å². The molecule has 0 radical (unpaired) electrons. The lowest BCUT2D eigenvalue weighted by Crippen LogP contribution is -2.28. The predicted octanol–water partition coefficient (Wildman–Crippen LogP) is 2.65. The number of aromatic nitrogens is 2. The Kier molecular flexibility index (Phi) is 2.97. The van der Waals surface area contributed by atoms with Gasteiger partial charge in [0.1, 0.15) is 17.3 Å². The van der Waals surface area contributed by atoms with Gasteiger partial charge in [-0.1, -0.05) is 18.2 Å². The highest BCUT2D eigenvalue weighted by Gasteiger charge is 2.30. The summed E-state index contributed by atoms with van der Waals surface area (Å²) in [6.45, 7) is 3.82. The van der Waals surface area contributed by atoms with Crippen LogP contribution in [0.15, 0.2) is 30.5 Å². The van der Waals surface area contributed by atoms with E-state index in [9.17, 15) is 9.90 Å². The molecule has 0 fully saturated rings. The number of aryl methyl sites for hydroxylation is 1. The number of imidazole rings is 1. The van der Waals surface area contributed by atoms with Gasteiger partial charge in [0.2, 0.25) is 0 Å². The third-order valence-corrected chi connectivity index (χ3v) is 3.67. The standard InChI is InChI=1S/C15H16N2O3/c1-9-7-12(11-5-3-4-6-14(11)20-9)17-10(2)16-8-13(17)15(18)19/h3-6,8-9,12H,7H2,1-2H3,(H,18,19)/t9-,12-/m0/s1. The van der Waals surface area contributed by atoms with Crippen LogP contribution in [0.4, 0.5) is 0 Å². The smallest absolute Gasteiger partial charge is 0.354 e. The first-order valence-corrected chi connectivity index (χ1v) is 6.60. The molecule has 0 unspecified atom stereocenters. The van der Waals surface area contributed by atoms with Crippen LogP contribution in [-0.4, -0.2) is 26.7 Å². The minimum Gasteiger partial charge on any atom is -0.490 e. The van der Waals surface area contributed by atoms with Crippen LogP contribution in [0.2, 0.25) is 0 Å². The third kappa shape index (κ3) is 1.95. The molecule has 1 aromatic heterocycles. The Morgan fingerprint density at radius 2 is 2.20 bits per heavy atom. The van der Waals surface area contributed by atoms with Gasteiger partial charge in [-0.15, -0.1) is 0 Å². The molecule has 0 saturated heterocycles. The van der Waals surface area contributed by atoms with E-state index in [0.717, 1.165) is 17.7 Å². The number of para-hydroxylation sites is 1. The molecule has 5 heteroatoms. The summed E-state index contributed by atoms with van der Waals surface area (Å²) in [5.74, 6) is 0.569. The van der Waals surface area contributed by atoms with Crippen molar-refractivity contribution in [2.24, 2.45) is 0 Å². The SMILES string of the molecule is Cc1ncc(C(=O)O)n1[C@H]1C[C@H](C)Oc2ccccc21. The lowest BCUT2D eigenvalue weighted by atomic mass is 9.96. The van der Waals surface area contributed by atoms with Crippen LogP contribution in [0.3, 0.4) is 0 Å². The van der Waals surface area contributed by atoms with Gasteiger partial charge in [-0.3, -0.25) is 0 Å². The van der Waals surface area contributed by atoms with Gasteiger partial charge in [-0.25, -0.2) is 9.78 Å². The summed E-state index contributed by atoms with van der Waals surface area (Å²) < 4.78 is 7.61. The van der Waals surface area contributed by atoms with E-state index < -0.39 is 5.97 Å². The molecule has 20 heavy (non-hydrogen) atoms. The molecule has 104 valence electrons. The number of ether oxygens (including phenoxy) is 1. The Hall–Kier alpha value is -2.30. The van der Waals surface area contributed by atoms with Crippen LogP contribution in [0, 0.1) is 6.92 Å². The number of carboxylic acid groups (broad SMARTS) is 1. The number of hydrogen-bond acceptors (Lipinski definition) is 3. The highest BCUT2D eigenvalue weighted by atomic mass is 16.5. The fraction of sp³-hybridized carbons (Fsp3) is 0.333. The summed E-state index contributed by atoms with van der Waals surface area (Å²) in [6.07, 6.45) is 2.19. The molecule has 2 heterocycles. The summed E-state index contributed by atoms with van der Waals surface area (Å²) in [7, 11) is 0. The second-order valence-corrected chi connectivity index (χ2v) is 5.08. The lowest BCUT2D eigenvalue weighted by molar-refractivity contribution is 0.0679. The minimum absolute atomic E-state index is 0.0401. The zero-order chi connectivity index (χ0) is 14.3. The summed E-state index contributed by atoms with van der Waals surface area (Å²) in [5.41, 5.74) is 1.23. The number of carboxylic acids is 1. The average molecular weight is 272 g/mol. The van der Waals surface area contributed by atoms with Crippen molar-refractivity contribution < 1.29 is 14.6 Å². The van der Waals surface area contributed by atoms with E-state index in [-0.39, 0.29) is 17.8 Å². The van der Waals surface area contributed by atoms with Crippen LogP contribution >= 0.6 is 0 Å². The van der Waals surface area contributed by atoms with Gasteiger partial charge in [0.05, 0.1) is 18.3 Å². The third-order valence-electron chi connectivity index (χ3n) is 3.67. The van der Waals surface area contributed by atoms with Gasteiger partial charge in [0.15, 0.2) is 0 Å². The van der Waals surface area contributed by atoms with E-state index in [0.29, 0.717) is 5.82 Å². The van der Waals surface area contributed by atoms with Crippen LogP contribution < -0.4 is 4.74 Å². The van der Waals surface area contributed by atoms with E-state index in [1.807, 2.05) is 38.1 Å². The maximum absolute atomic E-state index is 11.4.